The maximum absolute atomic E-state index is 12.9. The fourth-order valence-corrected chi connectivity index (χ4v) is 4.96. The van der Waals surface area contributed by atoms with Gasteiger partial charge in [0.1, 0.15) is 6.07 Å². The highest BCUT2D eigenvalue weighted by Crippen LogP contribution is 2.65. The van der Waals surface area contributed by atoms with Crippen molar-refractivity contribution in [2.24, 2.45) is 35.5 Å². The fraction of sp³-hybridized carbons (Fsp3) is 0.389. The molecular weight excluding hydrogens is 276 g/mol. The number of carbonyl (C=O) groups is 2. The molecule has 0 radical (unpaired) electrons. The molecular formula is C18H14N2O2. The van der Waals surface area contributed by atoms with Crippen LogP contribution in [0, 0.1) is 46.8 Å². The van der Waals surface area contributed by atoms with Crippen LogP contribution in [0.1, 0.15) is 12.0 Å². The van der Waals surface area contributed by atoms with Gasteiger partial charge >= 0.3 is 0 Å². The van der Waals surface area contributed by atoms with Crippen LogP contribution in [0.15, 0.2) is 36.4 Å². The molecule has 3 fully saturated rings. The van der Waals surface area contributed by atoms with E-state index in [1.165, 1.54) is 4.90 Å². The van der Waals surface area contributed by atoms with Crippen molar-refractivity contribution in [3.05, 3.63) is 42.0 Å². The molecule has 22 heavy (non-hydrogen) atoms. The van der Waals surface area contributed by atoms with Crippen LogP contribution in [-0.2, 0) is 9.59 Å². The van der Waals surface area contributed by atoms with Crippen LogP contribution in [0.2, 0.25) is 0 Å². The van der Waals surface area contributed by atoms with Crippen LogP contribution in [0.3, 0.4) is 0 Å². The lowest BCUT2D eigenvalue weighted by Crippen LogP contribution is -2.40. The number of carbonyl (C=O) groups excluding carboxylic acids is 2. The molecule has 2 saturated carbocycles. The Kier molecular flexibility index (Phi) is 2.14. The van der Waals surface area contributed by atoms with Gasteiger partial charge in [-0.25, -0.2) is 4.90 Å². The number of rotatable bonds is 1. The zero-order valence-corrected chi connectivity index (χ0v) is 11.8. The Morgan fingerprint density at radius 3 is 2.18 bits per heavy atom. The first-order valence-electron chi connectivity index (χ1n) is 7.77. The van der Waals surface area contributed by atoms with Crippen LogP contribution in [0.5, 0.6) is 0 Å². The van der Waals surface area contributed by atoms with Gasteiger partial charge in [-0.15, -0.1) is 0 Å². The molecule has 1 saturated heterocycles. The Morgan fingerprint density at radius 1 is 1.00 bits per heavy atom. The maximum atomic E-state index is 12.9. The Bertz CT molecular complexity index is 755. The smallest absolute Gasteiger partial charge is 0.238 e. The van der Waals surface area contributed by atoms with Gasteiger partial charge in [0.2, 0.25) is 11.8 Å². The molecule has 0 spiro atoms. The summed E-state index contributed by atoms with van der Waals surface area (Å²) in [5.74, 6) is 0.991. The summed E-state index contributed by atoms with van der Waals surface area (Å²) in [5, 5.41) is 9.26. The van der Waals surface area contributed by atoms with E-state index in [1.807, 2.05) is 0 Å². The third-order valence-corrected chi connectivity index (χ3v) is 5.93. The van der Waals surface area contributed by atoms with Crippen molar-refractivity contribution in [1.29, 1.82) is 5.26 Å². The van der Waals surface area contributed by atoms with Crippen molar-refractivity contribution in [2.45, 2.75) is 6.42 Å². The van der Waals surface area contributed by atoms with Crippen molar-refractivity contribution in [2.75, 3.05) is 4.90 Å². The summed E-state index contributed by atoms with van der Waals surface area (Å²) in [6, 6.07) is 8.96. The number of hydrogen-bond acceptors (Lipinski definition) is 3. The summed E-state index contributed by atoms with van der Waals surface area (Å²) < 4.78 is 0. The molecule has 6 rings (SSSR count). The summed E-state index contributed by atoms with van der Waals surface area (Å²) in [5.41, 5.74) is 0.829. The molecule has 108 valence electrons. The first kappa shape index (κ1) is 12.2. The van der Waals surface area contributed by atoms with Crippen molar-refractivity contribution >= 4 is 17.5 Å². The van der Waals surface area contributed by atoms with Gasteiger partial charge in [-0.1, -0.05) is 24.3 Å². The second-order valence-corrected chi connectivity index (χ2v) is 6.80. The lowest BCUT2D eigenvalue weighted by atomic mass is 9.63. The highest BCUT2D eigenvalue weighted by molar-refractivity contribution is 6.23. The normalized spacial score (nSPS) is 40.4. The van der Waals surface area contributed by atoms with E-state index in [0.29, 0.717) is 23.1 Å². The van der Waals surface area contributed by atoms with E-state index in [2.05, 4.69) is 18.2 Å². The predicted molar refractivity (Wildman–Crippen MR) is 78.3 cm³/mol. The lowest BCUT2D eigenvalue weighted by Gasteiger charge is -2.37. The average molecular weight is 290 g/mol. The van der Waals surface area contributed by atoms with Crippen LogP contribution < -0.4 is 4.90 Å². The number of imide groups is 1. The average Bonchev–Trinajstić information content (AvgIpc) is 3.32. The largest absolute Gasteiger partial charge is 0.274 e. The Hall–Kier alpha value is -2.41. The third-order valence-electron chi connectivity index (χ3n) is 5.93. The number of nitrogens with zero attached hydrogens (tertiary/aromatic N) is 2. The molecule has 2 amide bonds. The fourth-order valence-electron chi connectivity index (χ4n) is 4.96. The van der Waals surface area contributed by atoms with E-state index in [9.17, 15) is 14.9 Å². The molecule has 1 aromatic rings. The number of para-hydroxylation sites is 1. The summed E-state index contributed by atoms with van der Waals surface area (Å²) in [7, 11) is 0. The second-order valence-electron chi connectivity index (χ2n) is 6.80. The highest BCUT2D eigenvalue weighted by atomic mass is 16.2. The molecule has 0 N–H and O–H groups in total. The van der Waals surface area contributed by atoms with Gasteiger partial charge < -0.3 is 0 Å². The number of hydrogen-bond donors (Lipinski definition) is 0. The molecule has 5 aliphatic rings. The number of benzene rings is 1. The minimum absolute atomic E-state index is 0.109. The van der Waals surface area contributed by atoms with Gasteiger partial charge in [0, 0.05) is 0 Å². The Labute approximate surface area is 128 Å². The number of amides is 2. The van der Waals surface area contributed by atoms with E-state index in [1.54, 1.807) is 24.3 Å². The van der Waals surface area contributed by atoms with Crippen molar-refractivity contribution in [3.63, 3.8) is 0 Å². The van der Waals surface area contributed by atoms with E-state index < -0.39 is 0 Å². The molecule has 1 aliphatic heterocycles. The van der Waals surface area contributed by atoms with E-state index >= 15 is 0 Å². The molecule has 0 aromatic heterocycles. The van der Waals surface area contributed by atoms with Gasteiger partial charge in [-0.2, -0.15) is 5.26 Å². The van der Waals surface area contributed by atoms with E-state index in [-0.39, 0.29) is 35.5 Å². The van der Waals surface area contributed by atoms with Gasteiger partial charge in [-0.05, 0) is 42.2 Å². The van der Waals surface area contributed by atoms with Crippen LogP contribution in [-0.4, -0.2) is 11.8 Å². The molecule has 0 unspecified atom stereocenters. The quantitative estimate of drug-likeness (QED) is 0.588. The van der Waals surface area contributed by atoms with Gasteiger partial charge in [0.15, 0.2) is 0 Å². The topological polar surface area (TPSA) is 61.2 Å². The molecule has 1 heterocycles. The standard InChI is InChI=1S/C18H14N2O2/c19-8-9-3-1-2-4-14(9)20-17(21)15-10-5-6-11(13-7-12(10)13)16(15)18(20)22/h1-6,10-13,15-16H,7H2/t10-,11-,12-,13+,15+,16+/m0/s1. The summed E-state index contributed by atoms with van der Waals surface area (Å²) in [6.45, 7) is 0. The van der Waals surface area contributed by atoms with Crippen molar-refractivity contribution < 1.29 is 9.59 Å². The molecule has 4 heteroatoms. The SMILES string of the molecule is N#Cc1ccccc1N1C(=O)[C@@H]2[C@H]3C=C[C@@H]([C@@H]4C[C@H]34)[C@H]2C1=O. The summed E-state index contributed by atoms with van der Waals surface area (Å²) in [6.07, 6.45) is 5.47. The van der Waals surface area contributed by atoms with Crippen molar-refractivity contribution in [1.82, 2.24) is 0 Å². The molecule has 2 bridgehead atoms. The molecule has 4 nitrogen and oxygen atoms in total. The minimum atomic E-state index is -0.210. The minimum Gasteiger partial charge on any atom is -0.274 e. The number of nitriles is 1. The first-order chi connectivity index (χ1) is 10.7. The summed E-state index contributed by atoms with van der Waals surface area (Å²) in [4.78, 5) is 27.2. The second kappa shape index (κ2) is 3.86. The monoisotopic (exact) mass is 290 g/mol. The molecule has 1 aromatic carbocycles. The Balaban J connectivity index is 1.62. The lowest BCUT2D eigenvalue weighted by molar-refractivity contribution is -0.124. The molecule has 6 atom stereocenters. The van der Waals surface area contributed by atoms with Gasteiger partial charge in [0.05, 0.1) is 23.1 Å². The highest BCUT2D eigenvalue weighted by Gasteiger charge is 2.67. The van der Waals surface area contributed by atoms with Crippen LogP contribution in [0.25, 0.3) is 0 Å². The van der Waals surface area contributed by atoms with Crippen molar-refractivity contribution in [3.8, 4) is 6.07 Å². The Morgan fingerprint density at radius 2 is 1.59 bits per heavy atom. The van der Waals surface area contributed by atoms with E-state index in [0.717, 1.165) is 6.42 Å². The zero-order valence-electron chi connectivity index (χ0n) is 11.8. The predicted octanol–water partition coefficient (Wildman–Crippen LogP) is 2.12. The number of anilines is 1. The van der Waals surface area contributed by atoms with Crippen LogP contribution >= 0.6 is 0 Å². The number of allylic oxidation sites excluding steroid dienone is 2. The van der Waals surface area contributed by atoms with E-state index in [4.69, 9.17) is 0 Å². The summed E-state index contributed by atoms with van der Waals surface area (Å²) >= 11 is 0. The zero-order chi connectivity index (χ0) is 15.0. The van der Waals surface area contributed by atoms with Crippen LogP contribution in [0.4, 0.5) is 5.69 Å². The van der Waals surface area contributed by atoms with Gasteiger partial charge in [0.25, 0.3) is 0 Å². The first-order valence-corrected chi connectivity index (χ1v) is 7.77. The van der Waals surface area contributed by atoms with Gasteiger partial charge in [-0.3, -0.25) is 9.59 Å². The molecule has 4 aliphatic carbocycles. The maximum Gasteiger partial charge on any atom is 0.238 e. The third kappa shape index (κ3) is 1.28.